The normalized spacial score (nSPS) is 25.8. The second-order valence-electron chi connectivity index (χ2n) is 8.36. The maximum atomic E-state index is 12.6. The van der Waals surface area contributed by atoms with Crippen molar-refractivity contribution in [1.82, 2.24) is 10.1 Å². The summed E-state index contributed by atoms with van der Waals surface area (Å²) in [7, 11) is 0. The van der Waals surface area contributed by atoms with Crippen LogP contribution in [0.25, 0.3) is 0 Å². The summed E-state index contributed by atoms with van der Waals surface area (Å²) >= 11 is 0. The first-order chi connectivity index (χ1) is 12.3. The number of aliphatic hydroxyl groups is 1. The molecule has 0 saturated carbocycles. The number of rotatable bonds is 4. The average molecular weight is 364 g/mol. The van der Waals surface area contributed by atoms with Gasteiger partial charge in [-0.05, 0) is 45.4 Å². The molecule has 0 bridgehead atoms. The maximum absolute atomic E-state index is 12.6. The number of carbonyl (C=O) groups is 1. The Kier molecular flexibility index (Phi) is 5.72. The van der Waals surface area contributed by atoms with Gasteiger partial charge in [0.1, 0.15) is 5.76 Å². The van der Waals surface area contributed by atoms with Gasteiger partial charge in [-0.3, -0.25) is 4.79 Å². The first-order valence-corrected chi connectivity index (χ1v) is 9.85. The van der Waals surface area contributed by atoms with Crippen molar-refractivity contribution < 1.29 is 19.2 Å². The topological polar surface area (TPSA) is 75.8 Å². The number of ether oxygens (including phenoxy) is 1. The van der Waals surface area contributed by atoms with E-state index >= 15 is 0 Å². The fourth-order valence-corrected chi connectivity index (χ4v) is 4.34. The molecule has 1 amide bonds. The number of aryl methyl sites for hydroxylation is 2. The third-order valence-corrected chi connectivity index (χ3v) is 6.05. The zero-order valence-corrected chi connectivity index (χ0v) is 16.5. The number of nitrogens with zero attached hydrogens (tertiary/aromatic N) is 2. The molecule has 0 unspecified atom stereocenters. The molecular formula is C20H32N2O4. The Hall–Kier alpha value is -1.40. The highest BCUT2D eigenvalue weighted by Gasteiger charge is 2.44. The van der Waals surface area contributed by atoms with Crippen LogP contribution in [0.5, 0.6) is 0 Å². The van der Waals surface area contributed by atoms with E-state index in [2.05, 4.69) is 19.0 Å². The van der Waals surface area contributed by atoms with Crippen molar-refractivity contribution in [2.24, 2.45) is 5.92 Å². The third kappa shape index (κ3) is 4.12. The zero-order valence-electron chi connectivity index (χ0n) is 16.5. The van der Waals surface area contributed by atoms with Crippen molar-refractivity contribution in [1.29, 1.82) is 0 Å². The molecule has 2 atom stereocenters. The summed E-state index contributed by atoms with van der Waals surface area (Å²) in [6.07, 6.45) is 4.00. The van der Waals surface area contributed by atoms with Crippen LogP contribution in [0, 0.1) is 19.8 Å². The highest BCUT2D eigenvalue weighted by Crippen LogP contribution is 2.39. The van der Waals surface area contributed by atoms with Crippen LogP contribution in [0.15, 0.2) is 4.52 Å². The number of aromatic nitrogens is 1. The predicted octanol–water partition coefficient (Wildman–Crippen LogP) is 2.78. The van der Waals surface area contributed by atoms with E-state index in [-0.39, 0.29) is 23.7 Å². The van der Waals surface area contributed by atoms with Crippen molar-refractivity contribution in [3.05, 3.63) is 17.0 Å². The predicted molar refractivity (Wildman–Crippen MR) is 97.8 cm³/mol. The molecule has 0 aliphatic carbocycles. The molecule has 2 aliphatic rings. The zero-order chi connectivity index (χ0) is 18.9. The van der Waals surface area contributed by atoms with Crippen molar-refractivity contribution in [2.75, 3.05) is 13.1 Å². The van der Waals surface area contributed by atoms with Crippen molar-refractivity contribution >= 4 is 5.91 Å². The first-order valence-electron chi connectivity index (χ1n) is 9.85. The molecule has 2 aliphatic heterocycles. The van der Waals surface area contributed by atoms with Gasteiger partial charge in [-0.1, -0.05) is 19.0 Å². The van der Waals surface area contributed by atoms with Crippen molar-refractivity contribution in [2.45, 2.75) is 84.0 Å². The second-order valence-corrected chi connectivity index (χ2v) is 8.36. The average Bonchev–Trinajstić information content (AvgIpc) is 2.91. The Morgan fingerprint density at radius 1 is 1.35 bits per heavy atom. The van der Waals surface area contributed by atoms with Crippen LogP contribution >= 0.6 is 0 Å². The lowest BCUT2D eigenvalue weighted by Crippen LogP contribution is -2.54. The number of aliphatic hydroxyl groups excluding tert-OH is 1. The van der Waals surface area contributed by atoms with Gasteiger partial charge in [-0.2, -0.15) is 0 Å². The summed E-state index contributed by atoms with van der Waals surface area (Å²) in [4.78, 5) is 14.6. The molecule has 2 saturated heterocycles. The van der Waals surface area contributed by atoms with Gasteiger partial charge < -0.3 is 19.3 Å². The van der Waals surface area contributed by atoms with Gasteiger partial charge in [0.15, 0.2) is 0 Å². The first kappa shape index (κ1) is 19.4. The molecule has 0 aromatic carbocycles. The van der Waals surface area contributed by atoms with Gasteiger partial charge in [0.25, 0.3) is 0 Å². The van der Waals surface area contributed by atoms with E-state index in [4.69, 9.17) is 9.26 Å². The molecule has 146 valence electrons. The highest BCUT2D eigenvalue weighted by molar-refractivity contribution is 5.76. The quantitative estimate of drug-likeness (QED) is 0.889. The van der Waals surface area contributed by atoms with Crippen LogP contribution in [-0.4, -0.2) is 52.0 Å². The second kappa shape index (κ2) is 7.69. The third-order valence-electron chi connectivity index (χ3n) is 6.05. The Morgan fingerprint density at radius 2 is 2.04 bits per heavy atom. The summed E-state index contributed by atoms with van der Waals surface area (Å²) in [5.74, 6) is 1.38. The molecular weight excluding hydrogens is 332 g/mol. The summed E-state index contributed by atoms with van der Waals surface area (Å²) in [5, 5.41) is 14.2. The Bertz CT molecular complexity index is 612. The van der Waals surface area contributed by atoms with E-state index in [9.17, 15) is 9.90 Å². The molecule has 1 N–H and O–H groups in total. The van der Waals surface area contributed by atoms with E-state index in [0.717, 1.165) is 36.3 Å². The van der Waals surface area contributed by atoms with E-state index in [1.54, 1.807) is 0 Å². The highest BCUT2D eigenvalue weighted by atomic mass is 16.5. The fraction of sp³-hybridized carbons (Fsp3) is 0.800. The lowest BCUT2D eigenvalue weighted by molar-refractivity contribution is -0.193. The van der Waals surface area contributed by atoms with Gasteiger partial charge in [0.2, 0.25) is 5.91 Å². The Balaban J connectivity index is 1.53. The Labute approximate surface area is 155 Å². The minimum absolute atomic E-state index is 0.112. The monoisotopic (exact) mass is 364 g/mol. The summed E-state index contributed by atoms with van der Waals surface area (Å²) in [5.41, 5.74) is 1.66. The smallest absolute Gasteiger partial charge is 0.222 e. The number of carbonyl (C=O) groups excluding carboxylic acids is 1. The number of amides is 1. The summed E-state index contributed by atoms with van der Waals surface area (Å²) < 4.78 is 11.6. The van der Waals surface area contributed by atoms with Crippen LogP contribution in [0.3, 0.4) is 0 Å². The molecule has 6 nitrogen and oxygen atoms in total. The molecule has 3 rings (SSSR count). The van der Waals surface area contributed by atoms with Crippen LogP contribution in [0.1, 0.15) is 63.0 Å². The van der Waals surface area contributed by atoms with Crippen molar-refractivity contribution in [3.63, 3.8) is 0 Å². The van der Waals surface area contributed by atoms with Gasteiger partial charge in [-0.25, -0.2) is 0 Å². The van der Waals surface area contributed by atoms with E-state index < -0.39 is 0 Å². The van der Waals surface area contributed by atoms with Crippen LogP contribution < -0.4 is 0 Å². The number of piperidine rings is 1. The molecule has 2 fully saturated rings. The lowest BCUT2D eigenvalue weighted by Gasteiger charge is -2.48. The molecule has 0 radical (unpaired) electrons. The molecule has 26 heavy (non-hydrogen) atoms. The molecule has 6 heteroatoms. The molecule has 1 aromatic rings. The number of likely N-dealkylation sites (tertiary alicyclic amines) is 1. The fourth-order valence-electron chi connectivity index (χ4n) is 4.34. The van der Waals surface area contributed by atoms with Gasteiger partial charge in [0, 0.05) is 31.5 Å². The van der Waals surface area contributed by atoms with E-state index in [0.29, 0.717) is 38.3 Å². The van der Waals surface area contributed by atoms with Crippen LogP contribution in [0.2, 0.25) is 0 Å². The van der Waals surface area contributed by atoms with Crippen LogP contribution in [0.4, 0.5) is 0 Å². The van der Waals surface area contributed by atoms with Crippen LogP contribution in [-0.2, 0) is 16.0 Å². The molecule has 1 spiro atoms. The SMILES string of the molecule is Cc1noc(C)c1CCC(=O)N1CCC2(CC1)C[C@H](O)C[C@H](C(C)C)O2. The summed E-state index contributed by atoms with van der Waals surface area (Å²) in [6, 6.07) is 0. The maximum Gasteiger partial charge on any atom is 0.222 e. The number of hydrogen-bond donors (Lipinski definition) is 1. The lowest BCUT2D eigenvalue weighted by atomic mass is 9.80. The van der Waals surface area contributed by atoms with Gasteiger partial charge >= 0.3 is 0 Å². The van der Waals surface area contributed by atoms with Crippen molar-refractivity contribution in [3.8, 4) is 0 Å². The standard InChI is InChI=1S/C20H32N2O4/c1-13(2)18-11-16(23)12-20(25-18)7-9-22(10-8-20)19(24)6-5-17-14(3)21-26-15(17)4/h13,16,18,23H,5-12H2,1-4H3/t16-,18-/m1/s1. The largest absolute Gasteiger partial charge is 0.393 e. The van der Waals surface area contributed by atoms with Gasteiger partial charge in [0.05, 0.1) is 23.5 Å². The minimum Gasteiger partial charge on any atom is -0.393 e. The van der Waals surface area contributed by atoms with E-state index in [1.807, 2.05) is 18.7 Å². The van der Waals surface area contributed by atoms with Gasteiger partial charge in [-0.15, -0.1) is 0 Å². The minimum atomic E-state index is -0.294. The van der Waals surface area contributed by atoms with E-state index in [1.165, 1.54) is 0 Å². The number of hydrogen-bond acceptors (Lipinski definition) is 5. The summed E-state index contributed by atoms with van der Waals surface area (Å²) in [6.45, 7) is 9.50. The molecule has 3 heterocycles. The Morgan fingerprint density at radius 3 is 2.62 bits per heavy atom. The molecule has 1 aromatic heterocycles.